The summed E-state index contributed by atoms with van der Waals surface area (Å²) in [5.74, 6) is -1.10. The number of nitrogens with zero attached hydrogens (tertiary/aromatic N) is 1. The number of hydrogen-bond donors (Lipinski definition) is 3. The van der Waals surface area contributed by atoms with Gasteiger partial charge in [0.1, 0.15) is 5.41 Å². The minimum atomic E-state index is -3.85. The highest BCUT2D eigenvalue weighted by Crippen LogP contribution is 2.33. The van der Waals surface area contributed by atoms with Gasteiger partial charge in [-0.2, -0.15) is 5.10 Å². The molecular weight excluding hydrogens is 354 g/mol. The zero-order valence-corrected chi connectivity index (χ0v) is 14.7. The van der Waals surface area contributed by atoms with Gasteiger partial charge in [0.15, 0.2) is 0 Å². The molecule has 0 saturated carbocycles. The maximum absolute atomic E-state index is 12.1. The van der Waals surface area contributed by atoms with Gasteiger partial charge in [-0.1, -0.05) is 42.5 Å². The summed E-state index contributed by atoms with van der Waals surface area (Å²) in [4.78, 5) is 12.0. The van der Waals surface area contributed by atoms with Gasteiger partial charge in [0.2, 0.25) is 10.0 Å². The van der Waals surface area contributed by atoms with E-state index in [9.17, 15) is 18.3 Å². The van der Waals surface area contributed by atoms with Crippen molar-refractivity contribution in [3.63, 3.8) is 0 Å². The standard InChI is InChI=1S/C18H17N3O4S/c1-18(17(22)23,13-7-9-14(10-8-13)26(19,24)25)16-11-15(20-21-16)12-5-3-2-4-6-12/h2-11H,1H3,(H,20,21)(H,22,23)(H2,19,24,25). The molecule has 1 aromatic heterocycles. The Labute approximate surface area is 150 Å². The van der Waals surface area contributed by atoms with Crippen LogP contribution in [0.1, 0.15) is 18.2 Å². The van der Waals surface area contributed by atoms with Gasteiger partial charge in [-0.25, -0.2) is 13.6 Å². The van der Waals surface area contributed by atoms with E-state index in [4.69, 9.17) is 5.14 Å². The Hall–Kier alpha value is -2.97. The molecule has 134 valence electrons. The summed E-state index contributed by atoms with van der Waals surface area (Å²) in [6, 6.07) is 16.5. The van der Waals surface area contributed by atoms with E-state index in [1.54, 1.807) is 6.07 Å². The lowest BCUT2D eigenvalue weighted by molar-refractivity contribution is -0.141. The number of rotatable bonds is 5. The number of nitrogens with two attached hydrogens (primary N) is 1. The molecule has 3 aromatic rings. The van der Waals surface area contributed by atoms with Gasteiger partial charge in [0, 0.05) is 0 Å². The number of aliphatic carboxylic acids is 1. The lowest BCUT2D eigenvalue weighted by atomic mass is 9.79. The molecule has 1 atom stereocenters. The fourth-order valence-corrected chi connectivity index (χ4v) is 3.22. The third kappa shape index (κ3) is 3.12. The lowest BCUT2D eigenvalue weighted by Crippen LogP contribution is -2.34. The summed E-state index contributed by atoms with van der Waals surface area (Å²) in [6.45, 7) is 1.52. The Bertz CT molecular complexity index is 1040. The van der Waals surface area contributed by atoms with Gasteiger partial charge < -0.3 is 5.11 Å². The van der Waals surface area contributed by atoms with E-state index in [0.717, 1.165) is 5.56 Å². The number of carbonyl (C=O) groups is 1. The van der Waals surface area contributed by atoms with Crippen molar-refractivity contribution >= 4 is 16.0 Å². The Balaban J connectivity index is 2.06. The normalized spacial score (nSPS) is 13.9. The molecule has 1 heterocycles. The van der Waals surface area contributed by atoms with Crippen molar-refractivity contribution in [2.45, 2.75) is 17.2 Å². The predicted octanol–water partition coefficient (Wildman–Crippen LogP) is 2.11. The molecule has 0 bridgehead atoms. The van der Waals surface area contributed by atoms with Crippen LogP contribution in [-0.4, -0.2) is 29.7 Å². The Morgan fingerprint density at radius 1 is 1.12 bits per heavy atom. The average molecular weight is 371 g/mol. The number of carboxylic acid groups (broad SMARTS) is 1. The van der Waals surface area contributed by atoms with Crippen LogP contribution in [0, 0.1) is 0 Å². The molecule has 7 nitrogen and oxygen atoms in total. The van der Waals surface area contributed by atoms with Crippen molar-refractivity contribution in [2.75, 3.05) is 0 Å². The van der Waals surface area contributed by atoms with E-state index in [2.05, 4.69) is 10.2 Å². The van der Waals surface area contributed by atoms with Gasteiger partial charge in [-0.05, 0) is 36.2 Å². The first-order chi connectivity index (χ1) is 12.2. The molecule has 0 amide bonds. The summed E-state index contributed by atoms with van der Waals surface area (Å²) >= 11 is 0. The minimum absolute atomic E-state index is 0.0824. The monoisotopic (exact) mass is 371 g/mol. The van der Waals surface area contributed by atoms with Gasteiger partial charge in [-0.15, -0.1) is 0 Å². The Morgan fingerprint density at radius 3 is 2.27 bits per heavy atom. The highest BCUT2D eigenvalue weighted by molar-refractivity contribution is 7.89. The van der Waals surface area contributed by atoms with E-state index < -0.39 is 21.4 Å². The Morgan fingerprint density at radius 2 is 1.73 bits per heavy atom. The maximum atomic E-state index is 12.1. The van der Waals surface area contributed by atoms with E-state index in [1.165, 1.54) is 31.2 Å². The summed E-state index contributed by atoms with van der Waals surface area (Å²) in [6.07, 6.45) is 0. The van der Waals surface area contributed by atoms with Crippen LogP contribution in [0.2, 0.25) is 0 Å². The van der Waals surface area contributed by atoms with Gasteiger partial charge >= 0.3 is 5.97 Å². The molecular formula is C18H17N3O4S. The predicted molar refractivity (Wildman–Crippen MR) is 95.9 cm³/mol. The van der Waals surface area contributed by atoms with E-state index in [1.807, 2.05) is 30.3 Å². The second kappa shape index (κ2) is 6.40. The highest BCUT2D eigenvalue weighted by atomic mass is 32.2. The topological polar surface area (TPSA) is 126 Å². The number of sulfonamides is 1. The van der Waals surface area contributed by atoms with Crippen LogP contribution in [0.5, 0.6) is 0 Å². The molecule has 0 aliphatic heterocycles. The molecule has 0 spiro atoms. The third-order valence-corrected chi connectivity index (χ3v) is 5.29. The molecule has 4 N–H and O–H groups in total. The SMILES string of the molecule is CC(C(=O)O)(c1ccc(S(N)(=O)=O)cc1)c1cc(-c2ccccc2)[nH]n1. The molecule has 2 aromatic carbocycles. The fourth-order valence-electron chi connectivity index (χ4n) is 2.70. The first kappa shape index (κ1) is 17.8. The maximum Gasteiger partial charge on any atom is 0.320 e. The molecule has 26 heavy (non-hydrogen) atoms. The van der Waals surface area contributed by atoms with Crippen LogP contribution in [0.3, 0.4) is 0 Å². The molecule has 0 fully saturated rings. The second-order valence-corrected chi connectivity index (χ2v) is 7.59. The lowest BCUT2D eigenvalue weighted by Gasteiger charge is -2.23. The Kier molecular flexibility index (Phi) is 4.39. The number of nitrogens with one attached hydrogen (secondary N) is 1. The minimum Gasteiger partial charge on any atom is -0.480 e. The molecule has 0 aliphatic rings. The van der Waals surface area contributed by atoms with Gasteiger partial charge in [-0.3, -0.25) is 9.89 Å². The largest absolute Gasteiger partial charge is 0.480 e. The number of benzene rings is 2. The van der Waals surface area contributed by atoms with Crippen molar-refractivity contribution < 1.29 is 18.3 Å². The van der Waals surface area contributed by atoms with Crippen molar-refractivity contribution in [2.24, 2.45) is 5.14 Å². The van der Waals surface area contributed by atoms with Crippen molar-refractivity contribution in [3.05, 3.63) is 71.9 Å². The molecule has 8 heteroatoms. The number of H-pyrrole nitrogens is 1. The van der Waals surface area contributed by atoms with E-state index in [0.29, 0.717) is 17.0 Å². The van der Waals surface area contributed by atoms with Crippen LogP contribution in [0.4, 0.5) is 0 Å². The quantitative estimate of drug-likeness (QED) is 0.633. The highest BCUT2D eigenvalue weighted by Gasteiger charge is 2.40. The van der Waals surface area contributed by atoms with Crippen LogP contribution in [0.25, 0.3) is 11.3 Å². The number of aromatic amines is 1. The third-order valence-electron chi connectivity index (χ3n) is 4.36. The first-order valence-electron chi connectivity index (χ1n) is 7.71. The summed E-state index contributed by atoms with van der Waals surface area (Å²) < 4.78 is 22.8. The number of hydrogen-bond acceptors (Lipinski definition) is 4. The number of primary sulfonamides is 1. The molecule has 0 radical (unpaired) electrons. The zero-order valence-electron chi connectivity index (χ0n) is 13.9. The zero-order chi connectivity index (χ0) is 18.9. The summed E-state index contributed by atoms with van der Waals surface area (Å²) in [5.41, 5.74) is 0.814. The van der Waals surface area contributed by atoms with Gasteiger partial charge in [0.05, 0.1) is 16.3 Å². The number of aromatic nitrogens is 2. The number of carboxylic acids is 1. The van der Waals surface area contributed by atoms with Crippen LogP contribution in [0.15, 0.2) is 65.6 Å². The summed E-state index contributed by atoms with van der Waals surface area (Å²) in [5, 5.41) is 22.0. The van der Waals surface area contributed by atoms with Crippen LogP contribution < -0.4 is 5.14 Å². The smallest absolute Gasteiger partial charge is 0.320 e. The average Bonchev–Trinajstić information content (AvgIpc) is 3.11. The van der Waals surface area contributed by atoms with E-state index >= 15 is 0 Å². The fraction of sp³-hybridized carbons (Fsp3) is 0.111. The molecule has 0 aliphatic carbocycles. The second-order valence-electron chi connectivity index (χ2n) is 6.03. The van der Waals surface area contributed by atoms with Gasteiger partial charge in [0.25, 0.3) is 0 Å². The summed E-state index contributed by atoms with van der Waals surface area (Å²) in [7, 11) is -3.85. The first-order valence-corrected chi connectivity index (χ1v) is 9.25. The molecule has 3 rings (SSSR count). The molecule has 1 unspecified atom stereocenters. The van der Waals surface area contributed by atoms with Crippen LogP contribution in [-0.2, 0) is 20.2 Å². The van der Waals surface area contributed by atoms with Crippen LogP contribution >= 0.6 is 0 Å². The van der Waals surface area contributed by atoms with E-state index in [-0.39, 0.29) is 4.90 Å². The van der Waals surface area contributed by atoms with Crippen molar-refractivity contribution in [1.82, 2.24) is 10.2 Å². The molecule has 0 saturated heterocycles. The van der Waals surface area contributed by atoms with Crippen molar-refractivity contribution in [1.29, 1.82) is 0 Å². The van der Waals surface area contributed by atoms with Crippen molar-refractivity contribution in [3.8, 4) is 11.3 Å².